The molecule has 0 saturated carbocycles. The Morgan fingerprint density at radius 1 is 1.48 bits per heavy atom. The lowest BCUT2D eigenvalue weighted by Crippen LogP contribution is -2.45. The van der Waals surface area contributed by atoms with Crippen LogP contribution in [0.4, 0.5) is 4.79 Å². The normalized spacial score (nSPS) is 28.7. The van der Waals surface area contributed by atoms with E-state index in [2.05, 4.69) is 32.2 Å². The zero-order valence-electron chi connectivity index (χ0n) is 12.9. The summed E-state index contributed by atoms with van der Waals surface area (Å²) in [6.07, 6.45) is 8.22. The number of likely N-dealkylation sites (tertiary alicyclic amines) is 1. The molecule has 2 rings (SSSR count). The molecule has 2 aliphatic rings. The molecule has 2 N–H and O–H groups in total. The number of hydrogen-bond donors (Lipinski definition) is 2. The van der Waals surface area contributed by atoms with Crippen LogP contribution in [0.25, 0.3) is 0 Å². The van der Waals surface area contributed by atoms with Gasteiger partial charge in [0.1, 0.15) is 6.04 Å². The topological polar surface area (TPSA) is 69.6 Å². The number of carboxylic acid groups (broad SMARTS) is 1. The first-order chi connectivity index (χ1) is 9.83. The molecule has 1 saturated heterocycles. The van der Waals surface area contributed by atoms with Gasteiger partial charge >= 0.3 is 12.0 Å². The Hall–Kier alpha value is -1.78. The fraction of sp³-hybridized carbons (Fsp3) is 0.625. The van der Waals surface area contributed by atoms with Crippen molar-refractivity contribution in [1.82, 2.24) is 10.2 Å². The molecule has 2 amide bonds. The summed E-state index contributed by atoms with van der Waals surface area (Å²) in [5, 5.41) is 11.9. The monoisotopic (exact) mass is 292 g/mol. The van der Waals surface area contributed by atoms with Gasteiger partial charge in [0.15, 0.2) is 0 Å². The van der Waals surface area contributed by atoms with Crippen molar-refractivity contribution < 1.29 is 14.7 Å². The summed E-state index contributed by atoms with van der Waals surface area (Å²) in [4.78, 5) is 24.7. The van der Waals surface area contributed by atoms with Crippen LogP contribution < -0.4 is 5.32 Å². The van der Waals surface area contributed by atoms with Gasteiger partial charge in [0.2, 0.25) is 0 Å². The van der Waals surface area contributed by atoms with Crippen molar-refractivity contribution in [3.8, 4) is 0 Å². The van der Waals surface area contributed by atoms with Gasteiger partial charge in [-0.1, -0.05) is 32.9 Å². The Bertz CT molecular complexity index is 496. The van der Waals surface area contributed by atoms with Crippen molar-refractivity contribution in [3.05, 3.63) is 23.9 Å². The number of allylic oxidation sites excluding steroid dienone is 3. The lowest BCUT2D eigenvalue weighted by molar-refractivity contribution is -0.141. The van der Waals surface area contributed by atoms with Crippen LogP contribution in [-0.2, 0) is 4.79 Å². The average molecular weight is 292 g/mol. The largest absolute Gasteiger partial charge is 0.480 e. The highest BCUT2D eigenvalue weighted by molar-refractivity contribution is 5.84. The number of nitrogens with one attached hydrogen (secondary N) is 1. The second kappa shape index (κ2) is 5.92. The highest BCUT2D eigenvalue weighted by Gasteiger charge is 2.34. The minimum Gasteiger partial charge on any atom is -0.480 e. The Labute approximate surface area is 125 Å². The molecule has 5 nitrogen and oxygen atoms in total. The van der Waals surface area contributed by atoms with Crippen molar-refractivity contribution >= 4 is 12.0 Å². The Morgan fingerprint density at radius 2 is 2.19 bits per heavy atom. The molecule has 1 unspecified atom stereocenters. The molecule has 116 valence electrons. The second-order valence-corrected chi connectivity index (χ2v) is 6.48. The van der Waals surface area contributed by atoms with Crippen molar-refractivity contribution in [2.75, 3.05) is 6.54 Å². The standard InChI is InChI=1S/C16H24N2O3/c1-11(2)16(3)8-6-12(7-9-16)17-15(21)18-10-4-5-13(18)14(19)20/h6-8,11,13H,4-5,9-10H2,1-3H3,(H,17,21)(H,19,20)/t13-,16?/m1/s1. The summed E-state index contributed by atoms with van der Waals surface area (Å²) in [6, 6.07) is -1.01. The third kappa shape index (κ3) is 3.28. The van der Waals surface area contributed by atoms with Crippen molar-refractivity contribution in [2.45, 2.75) is 46.1 Å². The van der Waals surface area contributed by atoms with E-state index in [1.165, 1.54) is 4.90 Å². The van der Waals surface area contributed by atoms with Crippen LogP contribution in [-0.4, -0.2) is 34.6 Å². The first kappa shape index (κ1) is 15.6. The van der Waals surface area contributed by atoms with Gasteiger partial charge in [-0.05, 0) is 36.7 Å². The maximum atomic E-state index is 12.2. The first-order valence-corrected chi connectivity index (χ1v) is 7.53. The Kier molecular flexibility index (Phi) is 4.40. The fourth-order valence-corrected chi connectivity index (χ4v) is 2.73. The predicted octanol–water partition coefficient (Wildman–Crippen LogP) is 2.75. The summed E-state index contributed by atoms with van der Waals surface area (Å²) < 4.78 is 0. The third-order valence-corrected chi connectivity index (χ3v) is 4.77. The second-order valence-electron chi connectivity index (χ2n) is 6.48. The predicted molar refractivity (Wildman–Crippen MR) is 80.7 cm³/mol. The molecule has 0 aromatic heterocycles. The summed E-state index contributed by atoms with van der Waals surface area (Å²) >= 11 is 0. The molecule has 0 radical (unpaired) electrons. The number of carboxylic acids is 1. The van der Waals surface area contributed by atoms with Gasteiger partial charge < -0.3 is 15.3 Å². The highest BCUT2D eigenvalue weighted by Crippen LogP contribution is 2.36. The molecule has 1 fully saturated rings. The van der Waals surface area contributed by atoms with E-state index in [1.807, 2.05) is 12.2 Å². The van der Waals surface area contributed by atoms with E-state index >= 15 is 0 Å². The molecule has 0 spiro atoms. The average Bonchev–Trinajstić information content (AvgIpc) is 2.91. The number of carbonyl (C=O) groups excluding carboxylic acids is 1. The zero-order valence-corrected chi connectivity index (χ0v) is 12.9. The fourth-order valence-electron chi connectivity index (χ4n) is 2.73. The van der Waals surface area contributed by atoms with E-state index < -0.39 is 12.0 Å². The number of rotatable bonds is 3. The summed E-state index contributed by atoms with van der Waals surface area (Å²) in [5.41, 5.74) is 0.875. The van der Waals surface area contributed by atoms with Crippen LogP contribution >= 0.6 is 0 Å². The molecule has 1 aliphatic carbocycles. The van der Waals surface area contributed by atoms with E-state index in [4.69, 9.17) is 5.11 Å². The quantitative estimate of drug-likeness (QED) is 0.840. The molecular formula is C16H24N2O3. The molecular weight excluding hydrogens is 268 g/mol. The lowest BCUT2D eigenvalue weighted by atomic mass is 9.74. The van der Waals surface area contributed by atoms with Gasteiger partial charge in [-0.2, -0.15) is 0 Å². The maximum Gasteiger partial charge on any atom is 0.326 e. The molecule has 21 heavy (non-hydrogen) atoms. The maximum absolute atomic E-state index is 12.2. The SMILES string of the molecule is CC(C)C1(C)C=CC(NC(=O)N2CCC[C@@H]2C(=O)O)=CC1. The van der Waals surface area contributed by atoms with Crippen LogP contribution in [0.15, 0.2) is 23.9 Å². The van der Waals surface area contributed by atoms with Crippen LogP contribution in [0.1, 0.15) is 40.0 Å². The highest BCUT2D eigenvalue weighted by atomic mass is 16.4. The van der Waals surface area contributed by atoms with Crippen LogP contribution in [0.5, 0.6) is 0 Å². The van der Waals surface area contributed by atoms with E-state index in [0.29, 0.717) is 18.9 Å². The summed E-state index contributed by atoms with van der Waals surface area (Å²) in [7, 11) is 0. The molecule has 2 atom stereocenters. The Morgan fingerprint density at radius 3 is 2.71 bits per heavy atom. The van der Waals surface area contributed by atoms with Crippen LogP contribution in [0, 0.1) is 11.3 Å². The van der Waals surface area contributed by atoms with Crippen molar-refractivity contribution in [3.63, 3.8) is 0 Å². The van der Waals surface area contributed by atoms with Crippen LogP contribution in [0.3, 0.4) is 0 Å². The Balaban J connectivity index is 1.97. The molecule has 1 aliphatic heterocycles. The van der Waals surface area contributed by atoms with Gasteiger partial charge in [-0.15, -0.1) is 0 Å². The lowest BCUT2D eigenvalue weighted by Gasteiger charge is -2.32. The van der Waals surface area contributed by atoms with Gasteiger partial charge in [0, 0.05) is 12.2 Å². The number of aliphatic carboxylic acids is 1. The van der Waals surface area contributed by atoms with Gasteiger partial charge in [0.05, 0.1) is 0 Å². The molecule has 0 aromatic rings. The zero-order chi connectivity index (χ0) is 15.6. The molecule has 0 bridgehead atoms. The van der Waals surface area contributed by atoms with E-state index in [0.717, 1.165) is 18.5 Å². The van der Waals surface area contributed by atoms with Crippen LogP contribution in [0.2, 0.25) is 0 Å². The minimum atomic E-state index is -0.928. The number of amides is 2. The smallest absolute Gasteiger partial charge is 0.326 e. The van der Waals surface area contributed by atoms with E-state index in [9.17, 15) is 9.59 Å². The van der Waals surface area contributed by atoms with Gasteiger partial charge in [-0.25, -0.2) is 9.59 Å². The van der Waals surface area contributed by atoms with Crippen molar-refractivity contribution in [2.24, 2.45) is 11.3 Å². The van der Waals surface area contributed by atoms with E-state index in [-0.39, 0.29) is 11.4 Å². The summed E-state index contributed by atoms with van der Waals surface area (Å²) in [5.74, 6) is -0.402. The van der Waals surface area contributed by atoms with E-state index in [1.54, 1.807) is 0 Å². The van der Waals surface area contributed by atoms with Gasteiger partial charge in [-0.3, -0.25) is 0 Å². The minimum absolute atomic E-state index is 0.117. The summed E-state index contributed by atoms with van der Waals surface area (Å²) in [6.45, 7) is 7.07. The molecule has 0 aromatic carbocycles. The molecule has 1 heterocycles. The number of hydrogen-bond acceptors (Lipinski definition) is 2. The number of urea groups is 1. The first-order valence-electron chi connectivity index (χ1n) is 7.53. The number of nitrogens with zero attached hydrogens (tertiary/aromatic N) is 1. The molecule has 5 heteroatoms. The van der Waals surface area contributed by atoms with Crippen molar-refractivity contribution in [1.29, 1.82) is 0 Å². The number of carbonyl (C=O) groups is 2. The van der Waals surface area contributed by atoms with Gasteiger partial charge in [0.25, 0.3) is 0 Å². The third-order valence-electron chi connectivity index (χ3n) is 4.77.